The fourth-order valence-corrected chi connectivity index (χ4v) is 2.42. The van der Waals surface area contributed by atoms with Gasteiger partial charge in [-0.25, -0.2) is 0 Å². The van der Waals surface area contributed by atoms with Crippen molar-refractivity contribution in [2.75, 3.05) is 0 Å². The number of carboxylic acid groups (broad SMARTS) is 1. The molecular weight excluding hydrogens is 188 g/mol. The molecule has 1 aromatic rings. The van der Waals surface area contributed by atoms with Crippen LogP contribution in [0.25, 0.3) is 0 Å². The SMILES string of the molecule is O=C(O)C[C@@H]1CCCc2ccccc2C1. The first-order valence-corrected chi connectivity index (χ1v) is 5.54. The van der Waals surface area contributed by atoms with Crippen molar-refractivity contribution in [2.24, 2.45) is 5.92 Å². The summed E-state index contributed by atoms with van der Waals surface area (Å²) in [6.07, 6.45) is 4.51. The molecule has 2 rings (SSSR count). The molecule has 0 fully saturated rings. The highest BCUT2D eigenvalue weighted by atomic mass is 16.4. The van der Waals surface area contributed by atoms with Gasteiger partial charge in [-0.2, -0.15) is 0 Å². The van der Waals surface area contributed by atoms with Gasteiger partial charge < -0.3 is 5.11 Å². The molecule has 0 saturated heterocycles. The summed E-state index contributed by atoms with van der Waals surface area (Å²) in [5.41, 5.74) is 2.76. The van der Waals surface area contributed by atoms with E-state index in [-0.39, 0.29) is 0 Å². The van der Waals surface area contributed by atoms with Gasteiger partial charge in [0.1, 0.15) is 0 Å². The highest BCUT2D eigenvalue weighted by molar-refractivity contribution is 5.67. The van der Waals surface area contributed by atoms with Gasteiger partial charge >= 0.3 is 5.97 Å². The molecule has 1 aliphatic carbocycles. The highest BCUT2D eigenvalue weighted by Gasteiger charge is 2.18. The highest BCUT2D eigenvalue weighted by Crippen LogP contribution is 2.26. The lowest BCUT2D eigenvalue weighted by Gasteiger charge is -2.11. The van der Waals surface area contributed by atoms with Crippen LogP contribution >= 0.6 is 0 Å². The van der Waals surface area contributed by atoms with E-state index in [0.29, 0.717) is 12.3 Å². The normalized spacial score (nSPS) is 20.4. The van der Waals surface area contributed by atoms with Crippen LogP contribution in [0.1, 0.15) is 30.4 Å². The zero-order valence-corrected chi connectivity index (χ0v) is 8.78. The van der Waals surface area contributed by atoms with Crippen LogP contribution in [-0.2, 0) is 17.6 Å². The number of rotatable bonds is 2. The van der Waals surface area contributed by atoms with Crippen molar-refractivity contribution in [3.63, 3.8) is 0 Å². The van der Waals surface area contributed by atoms with Gasteiger partial charge in [0, 0.05) is 6.42 Å². The lowest BCUT2D eigenvalue weighted by molar-refractivity contribution is -0.138. The van der Waals surface area contributed by atoms with Gasteiger partial charge in [0.05, 0.1) is 0 Å². The monoisotopic (exact) mass is 204 g/mol. The van der Waals surface area contributed by atoms with Gasteiger partial charge in [-0.3, -0.25) is 4.79 Å². The van der Waals surface area contributed by atoms with Gasteiger partial charge in [0.2, 0.25) is 0 Å². The number of hydrogen-bond acceptors (Lipinski definition) is 1. The first-order valence-electron chi connectivity index (χ1n) is 5.54. The Labute approximate surface area is 89.9 Å². The minimum atomic E-state index is -0.667. The molecule has 1 N–H and O–H groups in total. The lowest BCUT2D eigenvalue weighted by atomic mass is 9.94. The molecule has 1 atom stereocenters. The molecule has 0 amide bonds. The molecule has 1 aromatic carbocycles. The number of aryl methyl sites for hydroxylation is 1. The summed E-state index contributed by atoms with van der Waals surface area (Å²) in [6, 6.07) is 8.41. The number of carboxylic acids is 1. The molecule has 0 saturated carbocycles. The van der Waals surface area contributed by atoms with E-state index in [2.05, 4.69) is 18.2 Å². The van der Waals surface area contributed by atoms with E-state index in [0.717, 1.165) is 25.7 Å². The predicted molar refractivity (Wildman–Crippen MR) is 58.8 cm³/mol. The van der Waals surface area contributed by atoms with Gasteiger partial charge in [-0.05, 0) is 42.7 Å². The van der Waals surface area contributed by atoms with Crippen molar-refractivity contribution in [1.82, 2.24) is 0 Å². The van der Waals surface area contributed by atoms with Gasteiger partial charge in [0.15, 0.2) is 0 Å². The number of aliphatic carboxylic acids is 1. The molecule has 1 aliphatic rings. The maximum atomic E-state index is 10.7. The van der Waals surface area contributed by atoms with Gasteiger partial charge in [0.25, 0.3) is 0 Å². The van der Waals surface area contributed by atoms with Crippen LogP contribution in [0.5, 0.6) is 0 Å². The molecule has 2 nitrogen and oxygen atoms in total. The Morgan fingerprint density at radius 3 is 2.80 bits per heavy atom. The maximum absolute atomic E-state index is 10.7. The van der Waals surface area contributed by atoms with E-state index in [1.54, 1.807) is 0 Å². The topological polar surface area (TPSA) is 37.3 Å². The van der Waals surface area contributed by atoms with E-state index < -0.39 is 5.97 Å². The Morgan fingerprint density at radius 2 is 2.07 bits per heavy atom. The van der Waals surface area contributed by atoms with Crippen molar-refractivity contribution in [3.8, 4) is 0 Å². The van der Waals surface area contributed by atoms with Crippen LogP contribution in [0.4, 0.5) is 0 Å². The number of carbonyl (C=O) groups is 1. The van der Waals surface area contributed by atoms with E-state index >= 15 is 0 Å². The summed E-state index contributed by atoms with van der Waals surface area (Å²) in [6.45, 7) is 0. The van der Waals surface area contributed by atoms with Crippen LogP contribution < -0.4 is 0 Å². The summed E-state index contributed by atoms with van der Waals surface area (Å²) < 4.78 is 0. The zero-order valence-electron chi connectivity index (χ0n) is 8.78. The lowest BCUT2D eigenvalue weighted by Crippen LogP contribution is -2.09. The number of fused-ring (bicyclic) bond motifs is 1. The third kappa shape index (κ3) is 2.58. The quantitative estimate of drug-likeness (QED) is 0.752. The fraction of sp³-hybridized carbons (Fsp3) is 0.462. The molecule has 0 spiro atoms. The van der Waals surface area contributed by atoms with Crippen LogP contribution in [0.3, 0.4) is 0 Å². The van der Waals surface area contributed by atoms with E-state index in [1.165, 1.54) is 11.1 Å². The standard InChI is InChI=1S/C13H16O2/c14-13(15)9-10-4-3-7-11-5-1-2-6-12(11)8-10/h1-2,5-6,10H,3-4,7-9H2,(H,14,15)/t10-/m1/s1. The second-order valence-corrected chi connectivity index (χ2v) is 4.33. The predicted octanol–water partition coefficient (Wildman–Crippen LogP) is 2.66. The average Bonchev–Trinajstić information content (AvgIpc) is 2.38. The number of hydrogen-bond donors (Lipinski definition) is 1. The van der Waals surface area contributed by atoms with Crippen molar-refractivity contribution in [3.05, 3.63) is 35.4 Å². The second kappa shape index (κ2) is 4.47. The maximum Gasteiger partial charge on any atom is 0.303 e. The van der Waals surface area contributed by atoms with Crippen molar-refractivity contribution >= 4 is 5.97 Å². The second-order valence-electron chi connectivity index (χ2n) is 4.33. The summed E-state index contributed by atoms with van der Waals surface area (Å²) in [5.74, 6) is -0.342. The minimum Gasteiger partial charge on any atom is -0.481 e. The molecule has 0 aliphatic heterocycles. The Hall–Kier alpha value is -1.31. The molecule has 80 valence electrons. The van der Waals surface area contributed by atoms with Crippen LogP contribution in [0.15, 0.2) is 24.3 Å². The Morgan fingerprint density at radius 1 is 1.33 bits per heavy atom. The molecular formula is C13H16O2. The van der Waals surface area contributed by atoms with Crippen LogP contribution in [-0.4, -0.2) is 11.1 Å². The molecule has 0 heterocycles. The third-order valence-electron chi connectivity index (χ3n) is 3.15. The Balaban J connectivity index is 2.13. The molecule has 15 heavy (non-hydrogen) atoms. The smallest absolute Gasteiger partial charge is 0.303 e. The molecule has 0 radical (unpaired) electrons. The van der Waals surface area contributed by atoms with Crippen molar-refractivity contribution in [1.29, 1.82) is 0 Å². The number of benzene rings is 1. The van der Waals surface area contributed by atoms with Crippen LogP contribution in [0, 0.1) is 5.92 Å². The minimum absolute atomic E-state index is 0.314. The Bertz CT molecular complexity index is 357. The van der Waals surface area contributed by atoms with E-state index in [9.17, 15) is 4.79 Å². The first-order chi connectivity index (χ1) is 7.25. The summed E-state index contributed by atoms with van der Waals surface area (Å²) >= 11 is 0. The molecule has 2 heteroatoms. The average molecular weight is 204 g/mol. The molecule has 0 bridgehead atoms. The van der Waals surface area contributed by atoms with E-state index in [4.69, 9.17) is 5.11 Å². The van der Waals surface area contributed by atoms with Gasteiger partial charge in [-0.15, -0.1) is 0 Å². The molecule has 0 aromatic heterocycles. The van der Waals surface area contributed by atoms with Gasteiger partial charge in [-0.1, -0.05) is 24.3 Å². The summed E-state index contributed by atoms with van der Waals surface area (Å²) in [7, 11) is 0. The van der Waals surface area contributed by atoms with Crippen LogP contribution in [0.2, 0.25) is 0 Å². The Kier molecular flexibility index (Phi) is 3.05. The molecule has 0 unspecified atom stereocenters. The first kappa shape index (κ1) is 10.2. The van der Waals surface area contributed by atoms with E-state index in [1.807, 2.05) is 6.07 Å². The third-order valence-corrected chi connectivity index (χ3v) is 3.15. The van der Waals surface area contributed by atoms with Crippen molar-refractivity contribution in [2.45, 2.75) is 32.1 Å². The summed E-state index contributed by atoms with van der Waals surface area (Å²) in [5, 5.41) is 8.81. The van der Waals surface area contributed by atoms with Crippen molar-refractivity contribution < 1.29 is 9.90 Å². The summed E-state index contributed by atoms with van der Waals surface area (Å²) in [4.78, 5) is 10.7. The largest absolute Gasteiger partial charge is 0.481 e. The fourth-order valence-electron chi connectivity index (χ4n) is 2.42. The zero-order chi connectivity index (χ0) is 10.7.